The molecule has 0 spiro atoms. The average Bonchev–Trinajstić information content (AvgIpc) is 3.34. The molecule has 3 amide bonds. The van der Waals surface area contributed by atoms with Gasteiger partial charge in [-0.3, -0.25) is 19.3 Å². The highest BCUT2D eigenvalue weighted by Gasteiger charge is 2.35. The van der Waals surface area contributed by atoms with Gasteiger partial charge in [0.2, 0.25) is 5.91 Å². The second-order valence-electron chi connectivity index (χ2n) is 7.21. The van der Waals surface area contributed by atoms with Crippen molar-refractivity contribution in [2.45, 2.75) is 51.1 Å². The van der Waals surface area contributed by atoms with E-state index in [0.29, 0.717) is 6.42 Å². The average molecular weight is 434 g/mol. The van der Waals surface area contributed by atoms with Gasteiger partial charge in [0.05, 0.1) is 5.69 Å². The van der Waals surface area contributed by atoms with Crippen LogP contribution < -0.4 is 21.7 Å². The first-order valence-electron chi connectivity index (χ1n) is 9.77. The Morgan fingerprint density at radius 2 is 2.03 bits per heavy atom. The van der Waals surface area contributed by atoms with Crippen LogP contribution in [0.3, 0.4) is 0 Å². The number of anilines is 2. The SMILES string of the molecule is CC[C@@H](C(=O)NC1CCCC1)N(C(=O)c1snc(C(N)=O)c1N)c1cccc(F)c1. The van der Waals surface area contributed by atoms with Crippen LogP contribution in [0.4, 0.5) is 15.8 Å². The number of nitrogens with zero attached hydrogens (tertiary/aromatic N) is 2. The molecule has 3 rings (SSSR count). The number of amides is 3. The molecule has 0 unspecified atom stereocenters. The third-order valence-corrected chi connectivity index (χ3v) is 6.01. The molecule has 8 nitrogen and oxygen atoms in total. The third-order valence-electron chi connectivity index (χ3n) is 5.16. The van der Waals surface area contributed by atoms with Crippen molar-refractivity contribution in [2.24, 2.45) is 5.73 Å². The van der Waals surface area contributed by atoms with Crippen molar-refractivity contribution >= 4 is 40.6 Å². The molecule has 1 aliphatic carbocycles. The quantitative estimate of drug-likeness (QED) is 0.617. The minimum Gasteiger partial charge on any atom is -0.395 e. The standard InChI is InChI=1S/C20H24FN5O3S/c1-2-14(19(28)24-12-7-3-4-8-12)26(13-9-5-6-11(21)10-13)20(29)17-15(22)16(18(23)27)25-30-17/h5-6,9-10,12,14H,2-4,7-8,22H2,1H3,(H2,23,27)(H,24,28)/t14-/m0/s1. The summed E-state index contributed by atoms with van der Waals surface area (Å²) >= 11 is 0.720. The van der Waals surface area contributed by atoms with E-state index in [4.69, 9.17) is 11.5 Å². The second-order valence-corrected chi connectivity index (χ2v) is 7.98. The summed E-state index contributed by atoms with van der Waals surface area (Å²) in [5, 5.41) is 2.99. The molecular weight excluding hydrogens is 409 g/mol. The molecule has 2 aromatic rings. The van der Waals surface area contributed by atoms with Gasteiger partial charge in [0.25, 0.3) is 11.8 Å². The summed E-state index contributed by atoms with van der Waals surface area (Å²) in [6, 6.07) is 4.59. The molecule has 1 aliphatic rings. The van der Waals surface area contributed by atoms with Crippen molar-refractivity contribution in [3.05, 3.63) is 40.7 Å². The van der Waals surface area contributed by atoms with Crippen molar-refractivity contribution in [3.8, 4) is 0 Å². The van der Waals surface area contributed by atoms with E-state index < -0.39 is 23.7 Å². The van der Waals surface area contributed by atoms with E-state index in [0.717, 1.165) is 37.2 Å². The number of nitrogens with two attached hydrogens (primary N) is 2. The number of hydrogen-bond acceptors (Lipinski definition) is 6. The molecule has 10 heteroatoms. The van der Waals surface area contributed by atoms with Gasteiger partial charge in [0.15, 0.2) is 5.69 Å². The molecule has 0 bridgehead atoms. The summed E-state index contributed by atoms with van der Waals surface area (Å²) in [5.74, 6) is -2.37. The van der Waals surface area contributed by atoms with Gasteiger partial charge < -0.3 is 16.8 Å². The van der Waals surface area contributed by atoms with Gasteiger partial charge in [-0.05, 0) is 49.0 Å². The molecule has 0 aliphatic heterocycles. The Morgan fingerprint density at radius 3 is 2.60 bits per heavy atom. The van der Waals surface area contributed by atoms with Crippen molar-refractivity contribution in [3.63, 3.8) is 0 Å². The predicted octanol–water partition coefficient (Wildman–Crippen LogP) is 2.45. The monoisotopic (exact) mass is 433 g/mol. The summed E-state index contributed by atoms with van der Waals surface area (Å²) in [7, 11) is 0. The van der Waals surface area contributed by atoms with E-state index in [1.54, 1.807) is 13.0 Å². The number of nitrogens with one attached hydrogen (secondary N) is 1. The molecule has 30 heavy (non-hydrogen) atoms. The fourth-order valence-corrected chi connectivity index (χ4v) is 4.40. The predicted molar refractivity (Wildman–Crippen MR) is 113 cm³/mol. The van der Waals surface area contributed by atoms with Crippen molar-refractivity contribution in [1.29, 1.82) is 0 Å². The zero-order valence-corrected chi connectivity index (χ0v) is 17.4. The molecule has 160 valence electrons. The Labute approximate surface area is 177 Å². The zero-order valence-electron chi connectivity index (χ0n) is 16.6. The van der Waals surface area contributed by atoms with Crippen LogP contribution in [0.2, 0.25) is 0 Å². The van der Waals surface area contributed by atoms with Crippen LogP contribution in [0.25, 0.3) is 0 Å². The number of nitrogen functional groups attached to an aromatic ring is 1. The van der Waals surface area contributed by atoms with E-state index in [2.05, 4.69) is 9.69 Å². The highest BCUT2D eigenvalue weighted by Crippen LogP contribution is 2.29. The molecular formula is C20H24FN5O3S. The maximum Gasteiger partial charge on any atom is 0.272 e. The van der Waals surface area contributed by atoms with Gasteiger partial charge in [-0.15, -0.1) is 0 Å². The van der Waals surface area contributed by atoms with Crippen LogP contribution in [0.1, 0.15) is 59.2 Å². The van der Waals surface area contributed by atoms with E-state index in [9.17, 15) is 18.8 Å². The molecule has 1 heterocycles. The van der Waals surface area contributed by atoms with Crippen LogP contribution in [0.5, 0.6) is 0 Å². The minimum absolute atomic E-state index is 0.0276. The first-order valence-corrected chi connectivity index (χ1v) is 10.5. The number of halogens is 1. The first-order chi connectivity index (χ1) is 14.3. The normalized spacial score (nSPS) is 15.0. The summed E-state index contributed by atoms with van der Waals surface area (Å²) in [6.07, 6.45) is 4.16. The van der Waals surface area contributed by atoms with Gasteiger partial charge in [0, 0.05) is 11.7 Å². The summed E-state index contributed by atoms with van der Waals surface area (Å²) < 4.78 is 17.8. The van der Waals surface area contributed by atoms with Gasteiger partial charge in [-0.2, -0.15) is 4.37 Å². The third kappa shape index (κ3) is 4.43. The lowest BCUT2D eigenvalue weighted by Crippen LogP contribution is -2.51. The fraction of sp³-hybridized carbons (Fsp3) is 0.400. The number of hydrogen-bond donors (Lipinski definition) is 3. The zero-order chi connectivity index (χ0) is 21.8. The lowest BCUT2D eigenvalue weighted by atomic mass is 10.1. The molecule has 1 atom stereocenters. The highest BCUT2D eigenvalue weighted by molar-refractivity contribution is 7.09. The van der Waals surface area contributed by atoms with Crippen LogP contribution >= 0.6 is 11.5 Å². The number of carbonyl (C=O) groups is 3. The minimum atomic E-state index is -0.890. The number of carbonyl (C=O) groups excluding carboxylic acids is 3. The van der Waals surface area contributed by atoms with Gasteiger partial charge >= 0.3 is 0 Å². The maximum absolute atomic E-state index is 13.9. The largest absolute Gasteiger partial charge is 0.395 e. The van der Waals surface area contributed by atoms with Crippen molar-refractivity contribution in [2.75, 3.05) is 10.6 Å². The summed E-state index contributed by atoms with van der Waals surface area (Å²) in [4.78, 5) is 39.1. The van der Waals surface area contributed by atoms with Gasteiger partial charge in [0.1, 0.15) is 16.7 Å². The Balaban J connectivity index is 2.00. The van der Waals surface area contributed by atoms with E-state index >= 15 is 0 Å². The molecule has 1 aromatic heterocycles. The van der Waals surface area contributed by atoms with Gasteiger partial charge in [-0.25, -0.2) is 4.39 Å². The Hall–Kier alpha value is -3.01. The molecule has 0 radical (unpaired) electrons. The van der Waals surface area contributed by atoms with Crippen molar-refractivity contribution in [1.82, 2.24) is 9.69 Å². The Kier molecular flexibility index (Phi) is 6.66. The first kappa shape index (κ1) is 21.7. The number of aromatic nitrogens is 1. The van der Waals surface area contributed by atoms with E-state index in [1.807, 2.05) is 0 Å². The van der Waals surface area contributed by atoms with Crippen LogP contribution in [-0.4, -0.2) is 34.2 Å². The lowest BCUT2D eigenvalue weighted by Gasteiger charge is -2.31. The van der Waals surface area contributed by atoms with Crippen LogP contribution in [-0.2, 0) is 4.79 Å². The van der Waals surface area contributed by atoms with E-state index in [-0.39, 0.29) is 33.9 Å². The summed E-state index contributed by atoms with van der Waals surface area (Å²) in [5.41, 5.74) is 11.0. The molecule has 5 N–H and O–H groups in total. The number of benzene rings is 1. The smallest absolute Gasteiger partial charge is 0.272 e. The topological polar surface area (TPSA) is 131 Å². The van der Waals surface area contributed by atoms with Crippen LogP contribution in [0.15, 0.2) is 24.3 Å². The molecule has 1 saturated carbocycles. The Bertz CT molecular complexity index is 958. The Morgan fingerprint density at radius 1 is 1.33 bits per heavy atom. The maximum atomic E-state index is 13.9. The number of primary amides is 1. The molecule has 1 aromatic carbocycles. The number of rotatable bonds is 7. The lowest BCUT2D eigenvalue weighted by molar-refractivity contribution is -0.123. The second kappa shape index (κ2) is 9.21. The molecule has 0 saturated heterocycles. The van der Waals surface area contributed by atoms with Crippen LogP contribution in [0, 0.1) is 5.82 Å². The van der Waals surface area contributed by atoms with E-state index in [1.165, 1.54) is 23.1 Å². The van der Waals surface area contributed by atoms with Crippen molar-refractivity contribution < 1.29 is 18.8 Å². The highest BCUT2D eigenvalue weighted by atomic mass is 32.1. The summed E-state index contributed by atoms with van der Waals surface area (Å²) in [6.45, 7) is 1.77. The fourth-order valence-electron chi connectivity index (χ4n) is 3.66. The molecule has 1 fully saturated rings. The van der Waals surface area contributed by atoms with Gasteiger partial charge in [-0.1, -0.05) is 25.8 Å².